The van der Waals surface area contributed by atoms with Crippen molar-refractivity contribution in [2.24, 2.45) is 5.10 Å². The van der Waals surface area contributed by atoms with Gasteiger partial charge >= 0.3 is 0 Å². The van der Waals surface area contributed by atoms with Gasteiger partial charge in [0.2, 0.25) is 0 Å². The minimum absolute atomic E-state index is 0.0121. The molecule has 0 saturated carbocycles. The van der Waals surface area contributed by atoms with Crippen LogP contribution < -0.4 is 10.7 Å². The van der Waals surface area contributed by atoms with Crippen molar-refractivity contribution in [2.45, 2.75) is 13.8 Å². The number of aryl methyl sites for hydroxylation is 1. The van der Waals surface area contributed by atoms with Gasteiger partial charge in [0.05, 0.1) is 17.2 Å². The van der Waals surface area contributed by atoms with Crippen molar-refractivity contribution in [1.82, 2.24) is 5.43 Å². The largest absolute Gasteiger partial charge is 0.376 e. The Morgan fingerprint density at radius 3 is 2.46 bits per heavy atom. The fourth-order valence-corrected chi connectivity index (χ4v) is 2.02. The highest BCUT2D eigenvalue weighted by atomic mass is 16.6. The number of anilines is 1. The lowest BCUT2D eigenvalue weighted by molar-refractivity contribution is -0.384. The van der Waals surface area contributed by atoms with Crippen LogP contribution in [0.4, 0.5) is 11.4 Å². The van der Waals surface area contributed by atoms with Crippen LogP contribution in [-0.2, 0) is 4.79 Å². The maximum absolute atomic E-state index is 11.8. The van der Waals surface area contributed by atoms with Crippen molar-refractivity contribution < 1.29 is 9.72 Å². The summed E-state index contributed by atoms with van der Waals surface area (Å²) in [6, 6.07) is 13.7. The Kier molecular flexibility index (Phi) is 5.62. The van der Waals surface area contributed by atoms with E-state index in [4.69, 9.17) is 0 Å². The zero-order chi connectivity index (χ0) is 17.5. The number of amides is 1. The van der Waals surface area contributed by atoms with Gasteiger partial charge in [-0.3, -0.25) is 14.9 Å². The molecule has 0 fully saturated rings. The van der Waals surface area contributed by atoms with E-state index in [0.29, 0.717) is 11.3 Å². The zero-order valence-electron chi connectivity index (χ0n) is 13.4. The summed E-state index contributed by atoms with van der Waals surface area (Å²) in [6.07, 6.45) is 0. The maximum Gasteiger partial charge on any atom is 0.269 e. The SMILES string of the molecule is C/C(=N\NC(=O)CNc1ccccc1C)c1ccc([N+](=O)[O-])cc1. The molecule has 24 heavy (non-hydrogen) atoms. The second-order valence-corrected chi connectivity index (χ2v) is 5.20. The molecule has 0 aliphatic heterocycles. The molecular formula is C17H18N4O3. The second kappa shape index (κ2) is 7.87. The maximum atomic E-state index is 11.8. The van der Waals surface area contributed by atoms with Gasteiger partial charge in [0.25, 0.3) is 11.6 Å². The average molecular weight is 326 g/mol. The molecule has 1 amide bonds. The number of rotatable bonds is 6. The standard InChI is InChI=1S/C17H18N4O3/c1-12-5-3-4-6-16(12)18-11-17(22)20-19-13(2)14-7-9-15(10-8-14)21(23)24/h3-10,18H,11H2,1-2H3,(H,20,22)/b19-13+. The van der Waals surface area contributed by atoms with Crippen LogP contribution in [0, 0.1) is 17.0 Å². The first-order valence-corrected chi connectivity index (χ1v) is 7.35. The third-order valence-electron chi connectivity index (χ3n) is 3.43. The minimum Gasteiger partial charge on any atom is -0.376 e. The van der Waals surface area contributed by atoms with E-state index in [1.807, 2.05) is 31.2 Å². The summed E-state index contributed by atoms with van der Waals surface area (Å²) in [5, 5.41) is 17.7. The Balaban J connectivity index is 1.90. The number of benzene rings is 2. The Morgan fingerprint density at radius 2 is 1.83 bits per heavy atom. The van der Waals surface area contributed by atoms with E-state index in [9.17, 15) is 14.9 Å². The van der Waals surface area contributed by atoms with Crippen LogP contribution in [0.1, 0.15) is 18.1 Å². The van der Waals surface area contributed by atoms with Gasteiger partial charge in [0, 0.05) is 17.8 Å². The second-order valence-electron chi connectivity index (χ2n) is 5.20. The van der Waals surface area contributed by atoms with E-state index < -0.39 is 4.92 Å². The summed E-state index contributed by atoms with van der Waals surface area (Å²) in [4.78, 5) is 22.0. The number of para-hydroxylation sites is 1. The summed E-state index contributed by atoms with van der Waals surface area (Å²) in [5.41, 5.74) is 5.68. The highest BCUT2D eigenvalue weighted by Crippen LogP contribution is 2.13. The Labute approximate surface area is 139 Å². The predicted octanol–water partition coefficient (Wildman–Crippen LogP) is 2.86. The number of nitrogens with one attached hydrogen (secondary N) is 2. The van der Waals surface area contributed by atoms with Gasteiger partial charge < -0.3 is 5.32 Å². The number of hydrazone groups is 1. The number of hydrogen-bond donors (Lipinski definition) is 2. The van der Waals surface area contributed by atoms with E-state index in [0.717, 1.165) is 11.3 Å². The molecule has 7 heteroatoms. The zero-order valence-corrected chi connectivity index (χ0v) is 13.4. The number of non-ortho nitro benzene ring substituents is 1. The van der Waals surface area contributed by atoms with Crippen LogP contribution in [0.25, 0.3) is 0 Å². The average Bonchev–Trinajstić information content (AvgIpc) is 2.59. The summed E-state index contributed by atoms with van der Waals surface area (Å²) < 4.78 is 0. The molecule has 0 unspecified atom stereocenters. The molecular weight excluding hydrogens is 308 g/mol. The summed E-state index contributed by atoms with van der Waals surface area (Å²) in [6.45, 7) is 3.77. The van der Waals surface area contributed by atoms with Gasteiger partial charge in [-0.15, -0.1) is 0 Å². The van der Waals surface area contributed by atoms with Crippen LogP contribution >= 0.6 is 0 Å². The van der Waals surface area contributed by atoms with Gasteiger partial charge in [-0.05, 0) is 43.2 Å². The quantitative estimate of drug-likeness (QED) is 0.484. The monoisotopic (exact) mass is 326 g/mol. The molecule has 0 spiro atoms. The van der Waals surface area contributed by atoms with Crippen LogP contribution in [0.15, 0.2) is 53.6 Å². The molecule has 0 saturated heterocycles. The summed E-state index contributed by atoms with van der Waals surface area (Å²) >= 11 is 0. The number of nitrogens with zero attached hydrogens (tertiary/aromatic N) is 2. The molecule has 2 N–H and O–H groups in total. The summed E-state index contributed by atoms with van der Waals surface area (Å²) in [7, 11) is 0. The third kappa shape index (κ3) is 4.64. The van der Waals surface area contributed by atoms with Crippen LogP contribution in [0.3, 0.4) is 0 Å². The number of carbonyl (C=O) groups is 1. The Hall–Kier alpha value is -3.22. The van der Waals surface area contributed by atoms with Gasteiger partial charge in [-0.25, -0.2) is 5.43 Å². The molecule has 0 aliphatic carbocycles. The van der Waals surface area contributed by atoms with Crippen LogP contribution in [-0.4, -0.2) is 23.1 Å². The van der Waals surface area contributed by atoms with Gasteiger partial charge in [0.15, 0.2) is 0 Å². The molecule has 0 radical (unpaired) electrons. The molecule has 124 valence electrons. The molecule has 2 aromatic rings. The lowest BCUT2D eigenvalue weighted by Crippen LogP contribution is -2.27. The molecule has 0 aromatic heterocycles. The minimum atomic E-state index is -0.463. The predicted molar refractivity (Wildman–Crippen MR) is 93.1 cm³/mol. The van der Waals surface area contributed by atoms with E-state index in [2.05, 4.69) is 15.8 Å². The van der Waals surface area contributed by atoms with Crippen molar-refractivity contribution in [2.75, 3.05) is 11.9 Å². The molecule has 2 aromatic carbocycles. The number of carbonyl (C=O) groups excluding carboxylic acids is 1. The normalized spacial score (nSPS) is 11.0. The lowest BCUT2D eigenvalue weighted by atomic mass is 10.1. The van der Waals surface area contributed by atoms with Crippen molar-refractivity contribution >= 4 is 23.0 Å². The van der Waals surface area contributed by atoms with Crippen molar-refractivity contribution in [1.29, 1.82) is 0 Å². The molecule has 0 atom stereocenters. The van der Waals surface area contributed by atoms with E-state index in [-0.39, 0.29) is 18.1 Å². The smallest absolute Gasteiger partial charge is 0.269 e. The molecule has 0 aliphatic rings. The third-order valence-corrected chi connectivity index (χ3v) is 3.43. The molecule has 2 rings (SSSR count). The topological polar surface area (TPSA) is 96.6 Å². The fraction of sp³-hybridized carbons (Fsp3) is 0.176. The van der Waals surface area contributed by atoms with Gasteiger partial charge in [0.1, 0.15) is 0 Å². The Morgan fingerprint density at radius 1 is 1.17 bits per heavy atom. The molecule has 0 bridgehead atoms. The first-order chi connectivity index (χ1) is 11.5. The highest BCUT2D eigenvalue weighted by Gasteiger charge is 2.06. The van der Waals surface area contributed by atoms with E-state index in [1.165, 1.54) is 12.1 Å². The van der Waals surface area contributed by atoms with Crippen molar-refractivity contribution in [3.05, 3.63) is 69.8 Å². The highest BCUT2D eigenvalue weighted by molar-refractivity contribution is 5.99. The summed E-state index contributed by atoms with van der Waals surface area (Å²) in [5.74, 6) is -0.278. The van der Waals surface area contributed by atoms with Crippen molar-refractivity contribution in [3.8, 4) is 0 Å². The Bertz CT molecular complexity index is 770. The van der Waals surface area contributed by atoms with Gasteiger partial charge in [-0.2, -0.15) is 5.10 Å². The fourth-order valence-electron chi connectivity index (χ4n) is 2.02. The van der Waals surface area contributed by atoms with E-state index >= 15 is 0 Å². The first-order valence-electron chi connectivity index (χ1n) is 7.35. The number of hydrogen-bond acceptors (Lipinski definition) is 5. The van der Waals surface area contributed by atoms with Crippen molar-refractivity contribution in [3.63, 3.8) is 0 Å². The van der Waals surface area contributed by atoms with Crippen LogP contribution in [0.5, 0.6) is 0 Å². The molecule has 0 heterocycles. The number of nitro groups is 1. The lowest BCUT2D eigenvalue weighted by Gasteiger charge is -2.08. The van der Waals surface area contributed by atoms with Crippen LogP contribution in [0.2, 0.25) is 0 Å². The molecule has 7 nitrogen and oxygen atoms in total. The number of nitro benzene ring substituents is 1. The first kappa shape index (κ1) is 17.1. The van der Waals surface area contributed by atoms with Gasteiger partial charge in [-0.1, -0.05) is 18.2 Å². The van der Waals surface area contributed by atoms with E-state index in [1.54, 1.807) is 19.1 Å².